The van der Waals surface area contributed by atoms with E-state index < -0.39 is 14.0 Å². The van der Waals surface area contributed by atoms with Gasteiger partial charge in [0.2, 0.25) is 9.05 Å². The van der Waals surface area contributed by atoms with Crippen LogP contribution in [0.2, 0.25) is 0 Å². The zero-order valence-electron chi connectivity index (χ0n) is 10.0. The Kier molecular flexibility index (Phi) is 4.46. The standard InChI is InChI=1S/C11H9ClN2O4S2/c12-20(17,18)6-5-19-11-2-1-10(14(15)16)9-7-13-4-3-8(9)11/h1-4,7H,5-6H2. The first-order valence-corrected chi connectivity index (χ1v) is 8.91. The topological polar surface area (TPSA) is 90.2 Å². The third-order valence-corrected chi connectivity index (χ3v) is 5.02. The van der Waals surface area contributed by atoms with E-state index in [1.54, 1.807) is 12.1 Å². The smallest absolute Gasteiger partial charge is 0.264 e. The second-order valence-corrected chi connectivity index (χ2v) is 7.89. The van der Waals surface area contributed by atoms with Gasteiger partial charge in [0.25, 0.3) is 5.69 Å². The van der Waals surface area contributed by atoms with Gasteiger partial charge in [-0.15, -0.1) is 11.8 Å². The zero-order valence-corrected chi connectivity index (χ0v) is 12.4. The predicted octanol–water partition coefficient (Wildman–Crippen LogP) is 2.80. The van der Waals surface area contributed by atoms with Gasteiger partial charge in [-0.3, -0.25) is 15.1 Å². The van der Waals surface area contributed by atoms with E-state index in [1.807, 2.05) is 0 Å². The molecule has 1 aromatic heterocycles. The van der Waals surface area contributed by atoms with E-state index in [2.05, 4.69) is 4.98 Å². The van der Waals surface area contributed by atoms with Gasteiger partial charge in [-0.1, -0.05) is 0 Å². The number of hydrogen-bond acceptors (Lipinski definition) is 6. The normalized spacial score (nSPS) is 11.7. The summed E-state index contributed by atoms with van der Waals surface area (Å²) in [4.78, 5) is 15.1. The molecule has 9 heteroatoms. The summed E-state index contributed by atoms with van der Waals surface area (Å²) in [5.41, 5.74) is -0.0255. The van der Waals surface area contributed by atoms with Gasteiger partial charge in [-0.05, 0) is 12.1 Å². The second-order valence-electron chi connectivity index (χ2n) is 3.85. The van der Waals surface area contributed by atoms with Crippen molar-refractivity contribution in [2.45, 2.75) is 4.90 Å². The van der Waals surface area contributed by atoms with Gasteiger partial charge < -0.3 is 0 Å². The molecule has 0 saturated carbocycles. The average molecular weight is 333 g/mol. The Morgan fingerprint density at radius 2 is 2.05 bits per heavy atom. The molecule has 106 valence electrons. The Morgan fingerprint density at radius 3 is 2.70 bits per heavy atom. The van der Waals surface area contributed by atoms with Crippen LogP contribution in [0.25, 0.3) is 10.8 Å². The third kappa shape index (κ3) is 3.59. The molecule has 1 aromatic carbocycles. The van der Waals surface area contributed by atoms with Crippen molar-refractivity contribution in [2.75, 3.05) is 11.5 Å². The average Bonchev–Trinajstić information content (AvgIpc) is 2.37. The fourth-order valence-corrected chi connectivity index (χ4v) is 4.10. The van der Waals surface area contributed by atoms with E-state index in [0.717, 1.165) is 4.90 Å². The minimum absolute atomic E-state index is 0.0255. The van der Waals surface area contributed by atoms with Crippen LogP contribution in [-0.2, 0) is 9.05 Å². The van der Waals surface area contributed by atoms with Crippen LogP contribution in [0.15, 0.2) is 35.5 Å². The summed E-state index contributed by atoms with van der Waals surface area (Å²) in [5, 5.41) is 12.0. The summed E-state index contributed by atoms with van der Waals surface area (Å²) in [5.74, 6) is 0.115. The van der Waals surface area contributed by atoms with Crippen LogP contribution in [0.3, 0.4) is 0 Å². The number of non-ortho nitro benzene ring substituents is 1. The fraction of sp³-hybridized carbons (Fsp3) is 0.182. The highest BCUT2D eigenvalue weighted by Crippen LogP contribution is 2.33. The largest absolute Gasteiger partial charge is 0.278 e. The molecule has 0 radical (unpaired) electrons. The molecule has 0 amide bonds. The molecular weight excluding hydrogens is 324 g/mol. The zero-order chi connectivity index (χ0) is 14.8. The summed E-state index contributed by atoms with van der Waals surface area (Å²) in [6, 6.07) is 4.66. The monoisotopic (exact) mass is 332 g/mol. The third-order valence-electron chi connectivity index (χ3n) is 2.54. The molecule has 0 spiro atoms. The molecule has 20 heavy (non-hydrogen) atoms. The van der Waals surface area contributed by atoms with Crippen molar-refractivity contribution in [3.63, 3.8) is 0 Å². The second kappa shape index (κ2) is 5.94. The van der Waals surface area contributed by atoms with Crippen molar-refractivity contribution in [1.29, 1.82) is 0 Å². The SMILES string of the molecule is O=[N+]([O-])c1ccc(SCCS(=O)(=O)Cl)c2ccncc12. The van der Waals surface area contributed by atoms with Gasteiger partial charge in [-0.2, -0.15) is 0 Å². The molecule has 0 aliphatic heterocycles. The van der Waals surface area contributed by atoms with Crippen LogP contribution in [-0.4, -0.2) is 29.8 Å². The number of aromatic nitrogens is 1. The number of thioether (sulfide) groups is 1. The maximum absolute atomic E-state index is 10.9. The van der Waals surface area contributed by atoms with Crippen LogP contribution in [0, 0.1) is 10.1 Å². The number of hydrogen-bond donors (Lipinski definition) is 0. The molecule has 1 heterocycles. The number of nitro groups is 1. The number of rotatable bonds is 5. The number of pyridine rings is 1. The van der Waals surface area contributed by atoms with E-state index in [-0.39, 0.29) is 17.2 Å². The lowest BCUT2D eigenvalue weighted by molar-refractivity contribution is -0.383. The number of fused-ring (bicyclic) bond motifs is 1. The van der Waals surface area contributed by atoms with Gasteiger partial charge in [0.15, 0.2) is 0 Å². The van der Waals surface area contributed by atoms with Crippen LogP contribution in [0.5, 0.6) is 0 Å². The van der Waals surface area contributed by atoms with Crippen LogP contribution >= 0.6 is 22.4 Å². The van der Waals surface area contributed by atoms with Gasteiger partial charge in [0, 0.05) is 45.2 Å². The van der Waals surface area contributed by atoms with Crippen LogP contribution < -0.4 is 0 Å². The lowest BCUT2D eigenvalue weighted by Gasteiger charge is -2.05. The van der Waals surface area contributed by atoms with E-state index in [0.29, 0.717) is 10.8 Å². The fourth-order valence-electron chi connectivity index (χ4n) is 1.68. The molecule has 6 nitrogen and oxygen atoms in total. The molecule has 0 aliphatic carbocycles. The van der Waals surface area contributed by atoms with E-state index >= 15 is 0 Å². The molecule has 0 N–H and O–H groups in total. The summed E-state index contributed by atoms with van der Waals surface area (Å²) in [6.07, 6.45) is 2.96. The van der Waals surface area contributed by atoms with Crippen LogP contribution in [0.4, 0.5) is 5.69 Å². The predicted molar refractivity (Wildman–Crippen MR) is 78.8 cm³/mol. The Morgan fingerprint density at radius 1 is 1.30 bits per heavy atom. The molecular formula is C11H9ClN2O4S2. The molecule has 0 aliphatic rings. The first kappa shape index (κ1) is 15.0. The molecule has 0 bridgehead atoms. The Bertz CT molecular complexity index is 764. The van der Waals surface area contributed by atoms with Crippen molar-refractivity contribution >= 4 is 48.0 Å². The quantitative estimate of drug-likeness (QED) is 0.362. The molecule has 0 fully saturated rings. The Hall–Kier alpha value is -1.38. The summed E-state index contributed by atoms with van der Waals surface area (Å²) < 4.78 is 21.8. The van der Waals surface area contributed by atoms with Crippen molar-refractivity contribution in [3.8, 4) is 0 Å². The molecule has 0 saturated heterocycles. The van der Waals surface area contributed by atoms with Crippen molar-refractivity contribution in [2.24, 2.45) is 0 Å². The van der Waals surface area contributed by atoms with Crippen molar-refractivity contribution in [1.82, 2.24) is 4.98 Å². The van der Waals surface area contributed by atoms with E-state index in [9.17, 15) is 18.5 Å². The number of benzene rings is 1. The Labute approximate surface area is 123 Å². The van der Waals surface area contributed by atoms with E-state index in [1.165, 1.54) is 30.2 Å². The summed E-state index contributed by atoms with van der Waals surface area (Å²) >= 11 is 1.28. The summed E-state index contributed by atoms with van der Waals surface area (Å²) in [7, 11) is 1.61. The highest BCUT2D eigenvalue weighted by atomic mass is 35.7. The Balaban J connectivity index is 2.36. The van der Waals surface area contributed by atoms with Gasteiger partial charge >= 0.3 is 0 Å². The van der Waals surface area contributed by atoms with Gasteiger partial charge in [0.05, 0.1) is 16.1 Å². The highest BCUT2D eigenvalue weighted by molar-refractivity contribution is 8.14. The first-order valence-electron chi connectivity index (χ1n) is 5.45. The highest BCUT2D eigenvalue weighted by Gasteiger charge is 2.15. The first-order chi connectivity index (χ1) is 9.38. The van der Waals surface area contributed by atoms with Gasteiger partial charge in [-0.25, -0.2) is 8.42 Å². The number of nitrogens with zero attached hydrogens (tertiary/aromatic N) is 2. The lowest BCUT2D eigenvalue weighted by Crippen LogP contribution is -1.99. The lowest BCUT2D eigenvalue weighted by atomic mass is 10.1. The van der Waals surface area contributed by atoms with Crippen molar-refractivity contribution < 1.29 is 13.3 Å². The molecule has 2 rings (SSSR count). The molecule has 2 aromatic rings. The minimum Gasteiger partial charge on any atom is -0.264 e. The number of nitro benzene ring substituents is 1. The number of halogens is 1. The maximum atomic E-state index is 10.9. The van der Waals surface area contributed by atoms with Crippen molar-refractivity contribution in [3.05, 3.63) is 40.7 Å². The minimum atomic E-state index is -3.54. The van der Waals surface area contributed by atoms with Crippen LogP contribution in [0.1, 0.15) is 0 Å². The molecule has 0 atom stereocenters. The summed E-state index contributed by atoms with van der Waals surface area (Å²) in [6.45, 7) is 0. The maximum Gasteiger partial charge on any atom is 0.278 e. The molecule has 0 unspecified atom stereocenters. The van der Waals surface area contributed by atoms with Gasteiger partial charge in [0.1, 0.15) is 0 Å². The van der Waals surface area contributed by atoms with E-state index in [4.69, 9.17) is 10.7 Å².